The molecule has 2 aromatic carbocycles. The predicted molar refractivity (Wildman–Crippen MR) is 108 cm³/mol. The summed E-state index contributed by atoms with van der Waals surface area (Å²) in [6.07, 6.45) is -7.33. The number of phenolic OH excluding ortho intramolecular Hbond substituents is 2. The van der Waals surface area contributed by atoms with Crippen LogP contribution in [-0.4, -0.2) is 77.7 Å². The highest BCUT2D eigenvalue weighted by atomic mass is 16.5. The number of ketones is 2. The number of carboxylic acids is 1. The van der Waals surface area contributed by atoms with Crippen LogP contribution < -0.4 is 0 Å². The summed E-state index contributed by atoms with van der Waals surface area (Å²) in [6.45, 7) is 2.61. The Morgan fingerprint density at radius 3 is 2.12 bits per heavy atom. The summed E-state index contributed by atoms with van der Waals surface area (Å²) >= 11 is 0. The first-order valence-electron chi connectivity index (χ1n) is 9.86. The van der Waals surface area contributed by atoms with E-state index in [2.05, 4.69) is 0 Å². The molecule has 33 heavy (non-hydrogen) atoms. The molecular formula is C22H20O11. The number of aliphatic hydroxyl groups is 3. The third kappa shape index (κ3) is 3.09. The Kier molecular flexibility index (Phi) is 5.17. The largest absolute Gasteiger partial charge is 0.507 e. The van der Waals surface area contributed by atoms with E-state index in [4.69, 9.17) is 4.74 Å². The lowest BCUT2D eigenvalue weighted by molar-refractivity contribution is -0.219. The lowest BCUT2D eigenvalue weighted by Gasteiger charge is -2.40. The Labute approximate surface area is 185 Å². The molecule has 1 heterocycles. The number of aromatic carboxylic acids is 1. The molecule has 0 saturated carbocycles. The zero-order valence-corrected chi connectivity index (χ0v) is 17.3. The fourth-order valence-corrected chi connectivity index (χ4v) is 4.46. The van der Waals surface area contributed by atoms with Crippen LogP contribution in [0.3, 0.4) is 0 Å². The van der Waals surface area contributed by atoms with Crippen LogP contribution in [-0.2, 0) is 4.74 Å². The molecule has 7 N–H and O–H groups in total. The lowest BCUT2D eigenvalue weighted by Crippen LogP contribution is -2.53. The van der Waals surface area contributed by atoms with Gasteiger partial charge in [-0.25, -0.2) is 4.79 Å². The summed E-state index contributed by atoms with van der Waals surface area (Å²) in [5.41, 5.74) is -3.08. The minimum absolute atomic E-state index is 0.216. The highest BCUT2D eigenvalue weighted by molar-refractivity contribution is 6.31. The quantitative estimate of drug-likeness (QED) is 0.256. The van der Waals surface area contributed by atoms with Gasteiger partial charge in [-0.3, -0.25) is 9.59 Å². The standard InChI is InChI=1S/C22H20O11/c1-5-11-7(3-9(23)12(5)22(31)32)16(26)13-10(24)4-8(17(27)14(13)18(11)28)21-20(30)19(29)15(25)6(2)33-21/h3-4,6,15,19-21,23-25,27,29-30H,1-2H3,(H,31,32)/t6?,15-,19?,20?,21+/m1/s1. The average Bonchev–Trinajstić information content (AvgIpc) is 2.73. The van der Waals surface area contributed by atoms with Crippen molar-refractivity contribution in [2.45, 2.75) is 44.4 Å². The first kappa shape index (κ1) is 22.7. The molecule has 5 atom stereocenters. The number of aromatic hydroxyl groups is 3. The van der Waals surface area contributed by atoms with Crippen LogP contribution in [0.1, 0.15) is 66.4 Å². The maximum Gasteiger partial charge on any atom is 0.339 e. The van der Waals surface area contributed by atoms with E-state index in [1.165, 1.54) is 13.8 Å². The van der Waals surface area contributed by atoms with Crippen LogP contribution in [0.15, 0.2) is 12.1 Å². The minimum atomic E-state index is -1.75. The molecule has 1 fully saturated rings. The molecule has 3 unspecified atom stereocenters. The molecular weight excluding hydrogens is 440 g/mol. The maximum absolute atomic E-state index is 13.3. The second-order valence-electron chi connectivity index (χ2n) is 8.10. The van der Waals surface area contributed by atoms with E-state index in [1.54, 1.807) is 0 Å². The number of benzene rings is 2. The van der Waals surface area contributed by atoms with E-state index in [9.17, 15) is 50.1 Å². The summed E-state index contributed by atoms with van der Waals surface area (Å²) in [5.74, 6) is -5.79. The van der Waals surface area contributed by atoms with Crippen molar-refractivity contribution in [1.82, 2.24) is 0 Å². The van der Waals surface area contributed by atoms with E-state index in [-0.39, 0.29) is 22.3 Å². The molecule has 4 rings (SSSR count). The summed E-state index contributed by atoms with van der Waals surface area (Å²) in [5, 5.41) is 71.3. The fraction of sp³-hybridized carbons (Fsp3) is 0.318. The molecule has 0 radical (unpaired) electrons. The third-order valence-electron chi connectivity index (χ3n) is 6.16. The number of hydrogen-bond acceptors (Lipinski definition) is 10. The lowest BCUT2D eigenvalue weighted by atomic mass is 9.78. The van der Waals surface area contributed by atoms with Gasteiger partial charge in [0.1, 0.15) is 47.2 Å². The molecule has 0 spiro atoms. The van der Waals surface area contributed by atoms with E-state index in [0.717, 1.165) is 12.1 Å². The van der Waals surface area contributed by atoms with Gasteiger partial charge in [-0.15, -0.1) is 0 Å². The summed E-state index contributed by atoms with van der Waals surface area (Å²) < 4.78 is 5.48. The zero-order chi connectivity index (χ0) is 24.5. The number of carbonyl (C=O) groups excluding carboxylic acids is 2. The molecule has 2 aliphatic rings. The van der Waals surface area contributed by atoms with Gasteiger partial charge in [-0.05, 0) is 31.5 Å². The molecule has 1 aliphatic heterocycles. The maximum atomic E-state index is 13.3. The van der Waals surface area contributed by atoms with Gasteiger partial charge >= 0.3 is 5.97 Å². The Morgan fingerprint density at radius 2 is 1.52 bits per heavy atom. The van der Waals surface area contributed by atoms with E-state index < -0.39 is 82.0 Å². The van der Waals surface area contributed by atoms with Crippen LogP contribution in [0, 0.1) is 6.92 Å². The zero-order valence-electron chi connectivity index (χ0n) is 17.3. The molecule has 2 aromatic rings. The number of hydrogen-bond donors (Lipinski definition) is 7. The summed E-state index contributed by atoms with van der Waals surface area (Å²) in [4.78, 5) is 37.9. The first-order valence-corrected chi connectivity index (χ1v) is 9.86. The fourth-order valence-electron chi connectivity index (χ4n) is 4.46. The van der Waals surface area contributed by atoms with Gasteiger partial charge in [0.15, 0.2) is 11.6 Å². The molecule has 11 nitrogen and oxygen atoms in total. The van der Waals surface area contributed by atoms with Crippen molar-refractivity contribution in [3.05, 3.63) is 51.1 Å². The number of carboxylic acid groups (broad SMARTS) is 1. The van der Waals surface area contributed by atoms with Gasteiger partial charge < -0.3 is 40.5 Å². The number of aliphatic hydroxyl groups excluding tert-OH is 3. The number of rotatable bonds is 2. The van der Waals surface area contributed by atoms with Crippen LogP contribution in [0.25, 0.3) is 0 Å². The molecule has 0 bridgehead atoms. The van der Waals surface area contributed by atoms with Crippen LogP contribution >= 0.6 is 0 Å². The normalized spacial score (nSPS) is 26.6. The van der Waals surface area contributed by atoms with E-state index >= 15 is 0 Å². The van der Waals surface area contributed by atoms with E-state index in [1.807, 2.05) is 0 Å². The topological polar surface area (TPSA) is 202 Å². The van der Waals surface area contributed by atoms with Gasteiger partial charge in [0.2, 0.25) is 0 Å². The highest BCUT2D eigenvalue weighted by Crippen LogP contribution is 2.46. The van der Waals surface area contributed by atoms with Gasteiger partial charge in [-0.1, -0.05) is 0 Å². The number of fused-ring (bicyclic) bond motifs is 2. The summed E-state index contributed by atoms with van der Waals surface area (Å²) in [7, 11) is 0. The van der Waals surface area contributed by atoms with Crippen molar-refractivity contribution < 1.29 is 54.9 Å². The van der Waals surface area contributed by atoms with Gasteiger partial charge in [0, 0.05) is 16.7 Å². The van der Waals surface area contributed by atoms with Crippen molar-refractivity contribution in [2.75, 3.05) is 0 Å². The molecule has 1 saturated heterocycles. The van der Waals surface area contributed by atoms with Crippen molar-refractivity contribution in [2.24, 2.45) is 0 Å². The van der Waals surface area contributed by atoms with Crippen LogP contribution in [0.4, 0.5) is 0 Å². The Balaban J connectivity index is 1.95. The molecule has 174 valence electrons. The second-order valence-corrected chi connectivity index (χ2v) is 8.10. The second kappa shape index (κ2) is 7.52. The monoisotopic (exact) mass is 460 g/mol. The Morgan fingerprint density at radius 1 is 0.879 bits per heavy atom. The Bertz CT molecular complexity index is 1230. The number of phenols is 3. The average molecular weight is 460 g/mol. The van der Waals surface area contributed by atoms with Gasteiger partial charge in [0.25, 0.3) is 0 Å². The minimum Gasteiger partial charge on any atom is -0.507 e. The molecule has 11 heteroatoms. The smallest absolute Gasteiger partial charge is 0.339 e. The van der Waals surface area contributed by atoms with Crippen molar-refractivity contribution in [3.63, 3.8) is 0 Å². The van der Waals surface area contributed by atoms with Gasteiger partial charge in [-0.2, -0.15) is 0 Å². The predicted octanol–water partition coefficient (Wildman–Crippen LogP) is 0.128. The van der Waals surface area contributed by atoms with Crippen LogP contribution in [0.2, 0.25) is 0 Å². The van der Waals surface area contributed by atoms with E-state index in [0.29, 0.717) is 0 Å². The molecule has 0 aromatic heterocycles. The summed E-state index contributed by atoms with van der Waals surface area (Å²) in [6, 6.07) is 1.71. The van der Waals surface area contributed by atoms with Crippen molar-refractivity contribution >= 4 is 17.5 Å². The van der Waals surface area contributed by atoms with Gasteiger partial charge in [0.05, 0.1) is 17.2 Å². The van der Waals surface area contributed by atoms with Crippen LogP contribution in [0.5, 0.6) is 17.2 Å². The Hall–Kier alpha value is -3.51. The highest BCUT2D eigenvalue weighted by Gasteiger charge is 2.46. The third-order valence-corrected chi connectivity index (χ3v) is 6.16. The van der Waals surface area contributed by atoms with Crippen molar-refractivity contribution in [1.29, 1.82) is 0 Å². The molecule has 0 amide bonds. The van der Waals surface area contributed by atoms with Crippen molar-refractivity contribution in [3.8, 4) is 17.2 Å². The number of ether oxygens (including phenoxy) is 1. The SMILES string of the molecule is Cc1c(C(=O)O)c(O)cc2c1C(=O)c1c(O)c([C@@H]3OC(C)[C@@H](O)C(O)C3O)cc(O)c1C2=O. The molecule has 1 aliphatic carbocycles. The first-order chi connectivity index (χ1) is 15.4. The number of carbonyl (C=O) groups is 3.